The fraction of sp³-hybridized carbons (Fsp3) is 1.00. The molecule has 10 heavy (non-hydrogen) atoms. The molecule has 0 aliphatic carbocycles. The van der Waals surface area contributed by atoms with E-state index in [4.69, 9.17) is 9.47 Å². The average molecular weight is 146 g/mol. The van der Waals surface area contributed by atoms with Crippen LogP contribution in [0.5, 0.6) is 0 Å². The lowest BCUT2D eigenvalue weighted by Gasteiger charge is -2.31. The minimum atomic E-state index is -0.459. The van der Waals surface area contributed by atoms with Crippen molar-refractivity contribution in [1.82, 2.24) is 0 Å². The van der Waals surface area contributed by atoms with Gasteiger partial charge < -0.3 is 14.6 Å². The Morgan fingerprint density at radius 1 is 1.60 bits per heavy atom. The second-order valence-electron chi connectivity index (χ2n) is 2.63. The first-order chi connectivity index (χ1) is 4.75. The first-order valence-corrected chi connectivity index (χ1v) is 3.58. The molecule has 0 bridgehead atoms. The van der Waals surface area contributed by atoms with E-state index in [1.54, 1.807) is 7.11 Å². The third-order valence-corrected chi connectivity index (χ3v) is 1.95. The van der Waals surface area contributed by atoms with Crippen molar-refractivity contribution in [2.24, 2.45) is 0 Å². The Labute approximate surface area is 60.9 Å². The summed E-state index contributed by atoms with van der Waals surface area (Å²) < 4.78 is 10.2. The summed E-state index contributed by atoms with van der Waals surface area (Å²) in [5.74, 6) is 0. The maximum Gasteiger partial charge on any atom is 0.106 e. The molecule has 0 aromatic rings. The van der Waals surface area contributed by atoms with Crippen LogP contribution in [0.3, 0.4) is 0 Å². The van der Waals surface area contributed by atoms with E-state index in [-0.39, 0.29) is 12.2 Å². The predicted octanol–water partition coefficient (Wildman–Crippen LogP) is 0.171. The molecule has 0 aromatic heterocycles. The summed E-state index contributed by atoms with van der Waals surface area (Å²) >= 11 is 0. The van der Waals surface area contributed by atoms with Crippen LogP contribution in [0.4, 0.5) is 0 Å². The van der Waals surface area contributed by atoms with Crippen molar-refractivity contribution < 1.29 is 14.6 Å². The minimum Gasteiger partial charge on any atom is -0.388 e. The van der Waals surface area contributed by atoms with E-state index >= 15 is 0 Å². The Morgan fingerprint density at radius 3 is 2.80 bits per heavy atom. The number of ether oxygens (including phenoxy) is 2. The summed E-state index contributed by atoms with van der Waals surface area (Å²) in [6.45, 7) is 2.55. The monoisotopic (exact) mass is 146 g/mol. The topological polar surface area (TPSA) is 38.7 Å². The molecule has 0 radical (unpaired) electrons. The van der Waals surface area contributed by atoms with E-state index in [0.717, 1.165) is 6.42 Å². The summed E-state index contributed by atoms with van der Waals surface area (Å²) in [6, 6.07) is 0. The van der Waals surface area contributed by atoms with Gasteiger partial charge in [0, 0.05) is 13.7 Å². The van der Waals surface area contributed by atoms with E-state index in [1.165, 1.54) is 0 Å². The van der Waals surface area contributed by atoms with Crippen LogP contribution in [0, 0.1) is 0 Å². The summed E-state index contributed by atoms with van der Waals surface area (Å²) in [5, 5.41) is 9.39. The van der Waals surface area contributed by atoms with Gasteiger partial charge in [0.05, 0.1) is 12.2 Å². The molecule has 0 amide bonds. The quantitative estimate of drug-likeness (QED) is 0.573. The molecule has 3 atom stereocenters. The number of methoxy groups -OCH3 is 1. The smallest absolute Gasteiger partial charge is 0.106 e. The fourth-order valence-corrected chi connectivity index (χ4v) is 1.20. The molecule has 0 saturated carbocycles. The fourth-order valence-electron chi connectivity index (χ4n) is 1.20. The van der Waals surface area contributed by atoms with Crippen LogP contribution in [0.1, 0.15) is 13.3 Å². The van der Waals surface area contributed by atoms with Gasteiger partial charge in [-0.3, -0.25) is 0 Å². The van der Waals surface area contributed by atoms with Gasteiger partial charge in [-0.15, -0.1) is 0 Å². The van der Waals surface area contributed by atoms with Crippen molar-refractivity contribution in [3.05, 3.63) is 0 Å². The SMILES string of the molecule is CO[C@H]1CCOC(C)[C@@H]1O. The van der Waals surface area contributed by atoms with E-state index in [9.17, 15) is 5.11 Å². The Kier molecular flexibility index (Phi) is 2.65. The lowest BCUT2D eigenvalue weighted by molar-refractivity contribution is -0.138. The van der Waals surface area contributed by atoms with Crippen LogP contribution < -0.4 is 0 Å². The first-order valence-electron chi connectivity index (χ1n) is 3.58. The number of hydrogen-bond acceptors (Lipinski definition) is 3. The van der Waals surface area contributed by atoms with Crippen molar-refractivity contribution in [3.63, 3.8) is 0 Å². The molecular formula is C7H14O3. The zero-order valence-corrected chi connectivity index (χ0v) is 6.41. The van der Waals surface area contributed by atoms with E-state index in [1.807, 2.05) is 6.92 Å². The van der Waals surface area contributed by atoms with Gasteiger partial charge in [0.15, 0.2) is 0 Å². The highest BCUT2D eigenvalue weighted by Crippen LogP contribution is 2.16. The Hall–Kier alpha value is -0.120. The van der Waals surface area contributed by atoms with Gasteiger partial charge >= 0.3 is 0 Å². The van der Waals surface area contributed by atoms with Crippen molar-refractivity contribution in [3.8, 4) is 0 Å². The maximum atomic E-state index is 9.39. The van der Waals surface area contributed by atoms with Gasteiger partial charge in [-0.05, 0) is 13.3 Å². The van der Waals surface area contributed by atoms with Crippen molar-refractivity contribution in [1.29, 1.82) is 0 Å². The third-order valence-electron chi connectivity index (χ3n) is 1.95. The van der Waals surface area contributed by atoms with Crippen LogP contribution in [0.15, 0.2) is 0 Å². The van der Waals surface area contributed by atoms with Crippen LogP contribution in [-0.4, -0.2) is 37.1 Å². The number of hydrogen-bond donors (Lipinski definition) is 1. The molecule has 0 aromatic carbocycles. The van der Waals surface area contributed by atoms with Crippen molar-refractivity contribution >= 4 is 0 Å². The highest BCUT2D eigenvalue weighted by atomic mass is 16.5. The first kappa shape index (κ1) is 7.98. The van der Waals surface area contributed by atoms with Gasteiger partial charge in [-0.1, -0.05) is 0 Å². The zero-order valence-electron chi connectivity index (χ0n) is 6.41. The van der Waals surface area contributed by atoms with Gasteiger partial charge in [-0.2, -0.15) is 0 Å². The van der Waals surface area contributed by atoms with Gasteiger partial charge in [0.1, 0.15) is 6.10 Å². The van der Waals surface area contributed by atoms with Crippen LogP contribution in [0.2, 0.25) is 0 Å². The van der Waals surface area contributed by atoms with Gasteiger partial charge in [0.2, 0.25) is 0 Å². The minimum absolute atomic E-state index is 0.0382. The molecule has 1 saturated heterocycles. The molecule has 1 unspecified atom stereocenters. The summed E-state index contributed by atoms with van der Waals surface area (Å²) in [7, 11) is 1.62. The molecule has 3 nitrogen and oxygen atoms in total. The third kappa shape index (κ3) is 1.48. The molecule has 1 fully saturated rings. The van der Waals surface area contributed by atoms with Crippen LogP contribution in [-0.2, 0) is 9.47 Å². The number of rotatable bonds is 1. The van der Waals surface area contributed by atoms with Crippen LogP contribution in [0.25, 0.3) is 0 Å². The second kappa shape index (κ2) is 3.32. The van der Waals surface area contributed by atoms with Gasteiger partial charge in [-0.25, -0.2) is 0 Å². The largest absolute Gasteiger partial charge is 0.388 e. The highest BCUT2D eigenvalue weighted by molar-refractivity contribution is 4.78. The van der Waals surface area contributed by atoms with Gasteiger partial charge in [0.25, 0.3) is 0 Å². The van der Waals surface area contributed by atoms with Crippen molar-refractivity contribution in [2.75, 3.05) is 13.7 Å². The van der Waals surface area contributed by atoms with E-state index < -0.39 is 6.10 Å². The van der Waals surface area contributed by atoms with E-state index in [2.05, 4.69) is 0 Å². The molecule has 1 rings (SSSR count). The second-order valence-corrected chi connectivity index (χ2v) is 2.63. The number of aliphatic hydroxyl groups is 1. The summed E-state index contributed by atoms with van der Waals surface area (Å²) in [6.07, 6.45) is 0.211. The molecule has 1 heterocycles. The Bertz CT molecular complexity index is 105. The molecule has 3 heteroatoms. The van der Waals surface area contributed by atoms with Crippen molar-refractivity contribution in [2.45, 2.75) is 31.7 Å². The summed E-state index contributed by atoms with van der Waals surface area (Å²) in [5.41, 5.74) is 0. The lowest BCUT2D eigenvalue weighted by Crippen LogP contribution is -2.43. The molecule has 1 aliphatic heterocycles. The van der Waals surface area contributed by atoms with E-state index in [0.29, 0.717) is 6.61 Å². The standard InChI is InChI=1S/C7H14O3/c1-5-7(8)6(9-2)3-4-10-5/h5-8H,3-4H2,1-2H3/t5?,6-,7-/m0/s1. The highest BCUT2D eigenvalue weighted by Gasteiger charge is 2.29. The molecule has 60 valence electrons. The normalized spacial score (nSPS) is 41.7. The van der Waals surface area contributed by atoms with Crippen LogP contribution >= 0.6 is 0 Å². The Balaban J connectivity index is 2.42. The Morgan fingerprint density at radius 2 is 2.30 bits per heavy atom. The molecular weight excluding hydrogens is 132 g/mol. The lowest BCUT2D eigenvalue weighted by atomic mass is 10.0. The summed E-state index contributed by atoms with van der Waals surface area (Å²) in [4.78, 5) is 0. The molecule has 1 aliphatic rings. The maximum absolute atomic E-state index is 9.39. The molecule has 1 N–H and O–H groups in total. The predicted molar refractivity (Wildman–Crippen MR) is 36.8 cm³/mol. The average Bonchev–Trinajstić information content (AvgIpc) is 1.95. The zero-order chi connectivity index (χ0) is 7.56. The molecule has 0 spiro atoms. The number of aliphatic hydroxyl groups excluding tert-OH is 1.